The van der Waals surface area contributed by atoms with Gasteiger partial charge in [-0.1, -0.05) is 17.7 Å². The maximum absolute atomic E-state index is 14.1. The number of rotatable bonds is 5. The number of benzene rings is 3. The molecule has 1 aliphatic heterocycles. The molecule has 0 aliphatic carbocycles. The molecule has 1 atom stereocenters. The van der Waals surface area contributed by atoms with E-state index >= 15 is 0 Å². The second-order valence-corrected chi connectivity index (χ2v) is 9.03. The molecule has 0 saturated carbocycles. The minimum Gasteiger partial charge on any atom is -0.507 e. The monoisotopic (exact) mass is 513 g/mol. The van der Waals surface area contributed by atoms with Crippen LogP contribution >= 0.6 is 11.6 Å². The number of ketones is 1. The van der Waals surface area contributed by atoms with E-state index in [-0.39, 0.29) is 39.3 Å². The van der Waals surface area contributed by atoms with E-state index in [9.17, 15) is 28.6 Å². The van der Waals surface area contributed by atoms with Gasteiger partial charge in [0.15, 0.2) is 11.6 Å². The minimum atomic E-state index is -1.24. The van der Waals surface area contributed by atoms with Crippen LogP contribution in [0.15, 0.2) is 60.2 Å². The molecule has 36 heavy (non-hydrogen) atoms. The number of carbonyl (C=O) groups excluding carboxylic acids is 2. The van der Waals surface area contributed by atoms with E-state index in [0.29, 0.717) is 11.3 Å². The second kappa shape index (κ2) is 9.62. The quantitative estimate of drug-likeness (QED) is 0.246. The molecule has 1 fully saturated rings. The molecule has 1 unspecified atom stereocenters. The lowest BCUT2D eigenvalue weighted by molar-refractivity contribution is -0.132. The number of ether oxygens (including phenoxy) is 1. The van der Waals surface area contributed by atoms with Crippen molar-refractivity contribution in [3.63, 3.8) is 0 Å². The van der Waals surface area contributed by atoms with Crippen LogP contribution in [-0.2, 0) is 9.59 Å². The average molecular weight is 514 g/mol. The van der Waals surface area contributed by atoms with Crippen molar-refractivity contribution in [1.82, 2.24) is 0 Å². The lowest BCUT2D eigenvalue weighted by Crippen LogP contribution is -2.29. The Kier molecular flexibility index (Phi) is 6.73. The molecule has 3 aromatic carbocycles. The summed E-state index contributed by atoms with van der Waals surface area (Å²) in [4.78, 5) is 27.3. The molecule has 1 aliphatic rings. The van der Waals surface area contributed by atoms with Crippen LogP contribution in [0.3, 0.4) is 0 Å². The zero-order valence-corrected chi connectivity index (χ0v) is 20.3. The van der Waals surface area contributed by atoms with Crippen molar-refractivity contribution in [3.8, 4) is 11.5 Å². The Morgan fingerprint density at radius 1 is 1.03 bits per heavy atom. The van der Waals surface area contributed by atoms with Crippen molar-refractivity contribution in [2.45, 2.75) is 32.9 Å². The zero-order chi connectivity index (χ0) is 26.3. The van der Waals surface area contributed by atoms with E-state index in [1.54, 1.807) is 25.1 Å². The summed E-state index contributed by atoms with van der Waals surface area (Å²) < 4.78 is 33.4. The number of phenolic OH excluding ortho intramolecular Hbond substituents is 1. The van der Waals surface area contributed by atoms with Crippen LogP contribution in [0.1, 0.15) is 36.6 Å². The number of aromatic hydroxyl groups is 1. The highest BCUT2D eigenvalue weighted by Gasteiger charge is 2.47. The summed E-state index contributed by atoms with van der Waals surface area (Å²) in [7, 11) is 0. The number of hydrogen-bond acceptors (Lipinski definition) is 5. The molecular formula is C27H22ClF2NO5. The summed E-state index contributed by atoms with van der Waals surface area (Å²) >= 11 is 6.09. The minimum absolute atomic E-state index is 0.0607. The van der Waals surface area contributed by atoms with Gasteiger partial charge in [0.1, 0.15) is 17.3 Å². The van der Waals surface area contributed by atoms with Gasteiger partial charge in [-0.15, -0.1) is 0 Å². The molecule has 0 aromatic heterocycles. The molecular weight excluding hydrogens is 492 g/mol. The zero-order valence-electron chi connectivity index (χ0n) is 19.6. The van der Waals surface area contributed by atoms with Crippen LogP contribution in [0.2, 0.25) is 5.02 Å². The van der Waals surface area contributed by atoms with Gasteiger partial charge in [0.05, 0.1) is 22.7 Å². The number of nitrogens with zero attached hydrogens (tertiary/aromatic N) is 1. The normalized spacial score (nSPS) is 17.2. The summed E-state index contributed by atoms with van der Waals surface area (Å²) in [5, 5.41) is 21.1. The van der Waals surface area contributed by atoms with Crippen LogP contribution in [0.25, 0.3) is 5.76 Å². The number of Topliss-reactive ketones (excluding diaryl/α,β-unsaturated/α-hetero) is 1. The number of aliphatic hydroxyl groups is 1. The highest BCUT2D eigenvalue weighted by Crippen LogP contribution is 2.44. The molecule has 2 N–H and O–H groups in total. The fourth-order valence-electron chi connectivity index (χ4n) is 4.08. The first-order valence-electron chi connectivity index (χ1n) is 11.0. The fourth-order valence-corrected chi connectivity index (χ4v) is 4.27. The van der Waals surface area contributed by atoms with Crippen molar-refractivity contribution in [2.75, 3.05) is 4.90 Å². The van der Waals surface area contributed by atoms with Gasteiger partial charge in [-0.3, -0.25) is 14.5 Å². The fraction of sp³-hybridized carbons (Fsp3) is 0.185. The SMILES string of the molecule is Cc1cc(/C(O)=C2\C(=O)C(=O)N(c3ccc(F)c(F)c3)C2c2ccc(O)c(Cl)c2)ccc1OC(C)C. The average Bonchev–Trinajstić information content (AvgIpc) is 3.08. The topological polar surface area (TPSA) is 87.1 Å². The summed E-state index contributed by atoms with van der Waals surface area (Å²) in [6, 6.07) is 10.4. The van der Waals surface area contributed by atoms with Gasteiger partial charge >= 0.3 is 0 Å². The van der Waals surface area contributed by atoms with Crippen LogP contribution in [0.5, 0.6) is 11.5 Å². The first-order valence-corrected chi connectivity index (χ1v) is 11.4. The number of carbonyl (C=O) groups is 2. The van der Waals surface area contributed by atoms with Gasteiger partial charge in [0.25, 0.3) is 11.7 Å². The summed E-state index contributed by atoms with van der Waals surface area (Å²) in [5.41, 5.74) is 0.831. The third-order valence-corrected chi connectivity index (χ3v) is 6.03. The maximum atomic E-state index is 14.1. The smallest absolute Gasteiger partial charge is 0.300 e. The van der Waals surface area contributed by atoms with Gasteiger partial charge < -0.3 is 14.9 Å². The van der Waals surface area contributed by atoms with E-state index < -0.39 is 35.1 Å². The molecule has 1 amide bonds. The Balaban J connectivity index is 1.92. The van der Waals surface area contributed by atoms with E-state index in [1.807, 2.05) is 13.8 Å². The first kappa shape index (κ1) is 25.2. The molecule has 9 heteroatoms. The third-order valence-electron chi connectivity index (χ3n) is 5.72. The largest absolute Gasteiger partial charge is 0.507 e. The van der Waals surface area contributed by atoms with E-state index in [1.165, 1.54) is 18.2 Å². The van der Waals surface area contributed by atoms with Crippen molar-refractivity contribution in [3.05, 3.63) is 93.5 Å². The number of halogens is 3. The van der Waals surface area contributed by atoms with Crippen LogP contribution in [0, 0.1) is 18.6 Å². The number of aryl methyl sites for hydroxylation is 1. The predicted octanol–water partition coefficient (Wildman–Crippen LogP) is 6.05. The van der Waals surface area contributed by atoms with E-state index in [4.69, 9.17) is 16.3 Å². The molecule has 1 saturated heterocycles. The molecule has 0 spiro atoms. The highest BCUT2D eigenvalue weighted by atomic mass is 35.5. The molecule has 186 valence electrons. The van der Waals surface area contributed by atoms with Crippen LogP contribution < -0.4 is 9.64 Å². The Morgan fingerprint density at radius 2 is 1.75 bits per heavy atom. The lowest BCUT2D eigenvalue weighted by Gasteiger charge is -2.26. The molecule has 4 rings (SSSR count). The summed E-state index contributed by atoms with van der Waals surface area (Å²) in [5.74, 6) is -4.52. The van der Waals surface area contributed by atoms with Crippen molar-refractivity contribution >= 4 is 34.7 Å². The van der Waals surface area contributed by atoms with Crippen LogP contribution in [-0.4, -0.2) is 28.0 Å². The summed E-state index contributed by atoms with van der Waals surface area (Å²) in [6.45, 7) is 5.51. The van der Waals surface area contributed by atoms with E-state index in [2.05, 4.69) is 0 Å². The van der Waals surface area contributed by atoms with Gasteiger partial charge in [-0.2, -0.15) is 0 Å². The highest BCUT2D eigenvalue weighted by molar-refractivity contribution is 6.51. The van der Waals surface area contributed by atoms with Crippen molar-refractivity contribution in [2.24, 2.45) is 0 Å². The van der Waals surface area contributed by atoms with Gasteiger partial charge in [0, 0.05) is 17.3 Å². The number of anilines is 1. The standard InChI is InChI=1S/C27H22ClF2NO5/c1-13(2)36-22-9-5-16(10-14(22)3)25(33)23-24(15-4-8-21(32)18(28)11-15)31(27(35)26(23)34)17-6-7-19(29)20(30)12-17/h4-13,24,32-33H,1-3H3/b25-23+. The van der Waals surface area contributed by atoms with Gasteiger partial charge in [0.2, 0.25) is 0 Å². The Morgan fingerprint density at radius 3 is 2.36 bits per heavy atom. The Hall–Kier alpha value is -3.91. The molecule has 3 aromatic rings. The maximum Gasteiger partial charge on any atom is 0.300 e. The van der Waals surface area contributed by atoms with E-state index in [0.717, 1.165) is 23.1 Å². The summed E-state index contributed by atoms with van der Waals surface area (Å²) in [6.07, 6.45) is -0.0798. The van der Waals surface area contributed by atoms with Crippen LogP contribution in [0.4, 0.5) is 14.5 Å². The van der Waals surface area contributed by atoms with Crippen molar-refractivity contribution < 1.29 is 33.3 Å². The van der Waals surface area contributed by atoms with Gasteiger partial charge in [-0.05, 0) is 74.4 Å². The third kappa shape index (κ3) is 4.52. The predicted molar refractivity (Wildman–Crippen MR) is 131 cm³/mol. The number of hydrogen-bond donors (Lipinski definition) is 2. The molecule has 0 radical (unpaired) electrons. The number of phenols is 1. The molecule has 6 nitrogen and oxygen atoms in total. The molecule has 1 heterocycles. The van der Waals surface area contributed by atoms with Crippen molar-refractivity contribution in [1.29, 1.82) is 0 Å². The lowest BCUT2D eigenvalue weighted by atomic mass is 9.94. The second-order valence-electron chi connectivity index (χ2n) is 8.63. The first-order chi connectivity index (χ1) is 17.0. The van der Waals surface area contributed by atoms with Gasteiger partial charge in [-0.25, -0.2) is 8.78 Å². The number of amides is 1. The Bertz CT molecular complexity index is 1420. The molecule has 0 bridgehead atoms. The Labute approximate surface area is 211 Å². The number of aliphatic hydroxyl groups excluding tert-OH is 1.